The van der Waals surface area contributed by atoms with Gasteiger partial charge >= 0.3 is 17.9 Å². The molecule has 0 aliphatic rings. The molecule has 7 nitrogen and oxygen atoms in total. The molecule has 0 atom stereocenters. The second kappa shape index (κ2) is 9.96. The average molecular weight is 374 g/mol. The van der Waals surface area contributed by atoms with Gasteiger partial charge in [0.25, 0.3) is 0 Å². The highest BCUT2D eigenvalue weighted by molar-refractivity contribution is 5.71. The third-order valence-corrected chi connectivity index (χ3v) is 3.12. The zero-order valence-corrected chi connectivity index (χ0v) is 15.9. The minimum Gasteiger partial charge on any atom is -0.508 e. The molecule has 1 N–H and O–H groups in total. The Morgan fingerprint density at radius 1 is 0.704 bits per heavy atom. The minimum absolute atomic E-state index is 0.133. The fraction of sp³-hybridized carbons (Fsp3) is 0.250. The maximum atomic E-state index is 10.8. The molecule has 0 fully saturated rings. The van der Waals surface area contributed by atoms with Gasteiger partial charge in [-0.25, -0.2) is 0 Å². The Balaban J connectivity index is 0.000000277. The Bertz CT molecular complexity index is 840. The second-order valence-electron chi connectivity index (χ2n) is 5.66. The molecular weight excluding hydrogens is 352 g/mol. The Kier molecular flexibility index (Phi) is 8.00. The summed E-state index contributed by atoms with van der Waals surface area (Å²) in [5.41, 5.74) is 1.56. The summed E-state index contributed by atoms with van der Waals surface area (Å²) in [6, 6.07) is 9.61. The molecule has 0 aromatic heterocycles. The van der Waals surface area contributed by atoms with Gasteiger partial charge in [-0.15, -0.1) is 0 Å². The van der Waals surface area contributed by atoms with Gasteiger partial charge in [-0.3, -0.25) is 14.4 Å². The van der Waals surface area contributed by atoms with Gasteiger partial charge in [-0.05, 0) is 37.1 Å². The van der Waals surface area contributed by atoms with Crippen LogP contribution in [0.25, 0.3) is 0 Å². The molecule has 0 bridgehead atoms. The molecular formula is C20H22O7. The molecule has 0 amide bonds. The van der Waals surface area contributed by atoms with Gasteiger partial charge in [0.15, 0.2) is 0 Å². The van der Waals surface area contributed by atoms with E-state index in [9.17, 15) is 19.5 Å². The summed E-state index contributed by atoms with van der Waals surface area (Å²) in [6.45, 7) is 7.52. The number of hydrogen-bond donors (Lipinski definition) is 1. The maximum Gasteiger partial charge on any atom is 0.308 e. The number of phenolic OH excluding ortho intramolecular Hbond substituents is 1. The van der Waals surface area contributed by atoms with Gasteiger partial charge in [0.2, 0.25) is 0 Å². The number of benzene rings is 2. The molecule has 0 saturated heterocycles. The number of carbonyl (C=O) groups is 3. The average Bonchev–Trinajstić information content (AvgIpc) is 2.53. The van der Waals surface area contributed by atoms with Crippen LogP contribution in [0.3, 0.4) is 0 Å². The van der Waals surface area contributed by atoms with Gasteiger partial charge in [-0.1, -0.05) is 12.1 Å². The van der Waals surface area contributed by atoms with Gasteiger partial charge in [0, 0.05) is 32.9 Å². The van der Waals surface area contributed by atoms with Crippen LogP contribution in [-0.2, 0) is 14.4 Å². The topological polar surface area (TPSA) is 99.1 Å². The Morgan fingerprint density at radius 2 is 1.15 bits per heavy atom. The lowest BCUT2D eigenvalue weighted by molar-refractivity contribution is -0.133. The number of hydrogen-bond acceptors (Lipinski definition) is 7. The van der Waals surface area contributed by atoms with Crippen molar-refractivity contribution < 1.29 is 33.7 Å². The van der Waals surface area contributed by atoms with Crippen molar-refractivity contribution >= 4 is 17.9 Å². The van der Waals surface area contributed by atoms with Crippen molar-refractivity contribution in [1.82, 2.24) is 0 Å². The fourth-order valence-corrected chi connectivity index (χ4v) is 1.89. The van der Waals surface area contributed by atoms with E-state index >= 15 is 0 Å². The Hall–Kier alpha value is -3.35. The Labute approximate surface area is 157 Å². The molecule has 0 unspecified atom stereocenters. The van der Waals surface area contributed by atoms with E-state index in [1.807, 2.05) is 0 Å². The van der Waals surface area contributed by atoms with E-state index in [4.69, 9.17) is 14.2 Å². The summed E-state index contributed by atoms with van der Waals surface area (Å²) < 4.78 is 14.5. The summed E-state index contributed by atoms with van der Waals surface area (Å²) in [4.78, 5) is 32.0. The number of ether oxygens (including phenoxy) is 3. The summed E-state index contributed by atoms with van der Waals surface area (Å²) >= 11 is 0. The largest absolute Gasteiger partial charge is 0.508 e. The van der Waals surface area contributed by atoms with Gasteiger partial charge in [-0.2, -0.15) is 0 Å². The van der Waals surface area contributed by atoms with Crippen molar-refractivity contribution in [2.75, 3.05) is 0 Å². The summed E-state index contributed by atoms with van der Waals surface area (Å²) in [6.07, 6.45) is 0. The highest BCUT2D eigenvalue weighted by Gasteiger charge is 2.06. The fourth-order valence-electron chi connectivity index (χ4n) is 1.89. The monoisotopic (exact) mass is 374 g/mol. The van der Waals surface area contributed by atoms with Crippen LogP contribution in [0.1, 0.15) is 31.9 Å². The smallest absolute Gasteiger partial charge is 0.308 e. The molecule has 0 saturated carbocycles. The Morgan fingerprint density at radius 3 is 1.59 bits per heavy atom. The standard InChI is InChI=1S/C11H12O4.C9H10O3/c1-7-4-5-10(14-8(2)12)6-11(7)15-9(3)13;1-6-3-4-8(5-9(6)11)12-7(2)10/h4-6H,1-3H3;3-5,11H,1-2H3. The van der Waals surface area contributed by atoms with Crippen LogP contribution >= 0.6 is 0 Å². The van der Waals surface area contributed by atoms with Crippen LogP contribution in [0.2, 0.25) is 0 Å². The number of esters is 3. The highest BCUT2D eigenvalue weighted by Crippen LogP contribution is 2.24. The number of carbonyl (C=O) groups excluding carboxylic acids is 3. The lowest BCUT2D eigenvalue weighted by Gasteiger charge is -2.07. The second-order valence-corrected chi connectivity index (χ2v) is 5.66. The van der Waals surface area contributed by atoms with Crippen LogP contribution < -0.4 is 14.2 Å². The van der Waals surface area contributed by atoms with Crippen molar-refractivity contribution in [3.05, 3.63) is 47.5 Å². The molecule has 0 radical (unpaired) electrons. The van der Waals surface area contributed by atoms with Gasteiger partial charge in [0.1, 0.15) is 23.0 Å². The van der Waals surface area contributed by atoms with Crippen molar-refractivity contribution in [3.63, 3.8) is 0 Å². The van der Waals surface area contributed by atoms with Crippen LogP contribution in [0.5, 0.6) is 23.0 Å². The molecule has 2 aromatic carbocycles. The predicted molar refractivity (Wildman–Crippen MR) is 97.9 cm³/mol. The first-order valence-corrected chi connectivity index (χ1v) is 8.04. The maximum absolute atomic E-state index is 10.8. The zero-order valence-electron chi connectivity index (χ0n) is 15.9. The van der Waals surface area contributed by atoms with Crippen molar-refractivity contribution in [1.29, 1.82) is 0 Å². The summed E-state index contributed by atoms with van der Waals surface area (Å²) in [5.74, 6) is 0.0638. The number of aromatic hydroxyl groups is 1. The molecule has 0 aliphatic carbocycles. The van der Waals surface area contributed by atoms with E-state index < -0.39 is 17.9 Å². The van der Waals surface area contributed by atoms with E-state index in [-0.39, 0.29) is 5.75 Å². The molecule has 2 rings (SSSR count). The van der Waals surface area contributed by atoms with Crippen LogP contribution in [0.15, 0.2) is 36.4 Å². The van der Waals surface area contributed by atoms with Crippen molar-refractivity contribution in [3.8, 4) is 23.0 Å². The first kappa shape index (κ1) is 21.7. The molecule has 0 heterocycles. The first-order valence-electron chi connectivity index (χ1n) is 8.04. The summed E-state index contributed by atoms with van der Waals surface area (Å²) in [5, 5.41) is 9.22. The number of rotatable bonds is 3. The number of aryl methyl sites for hydroxylation is 2. The molecule has 2 aromatic rings. The first-order chi connectivity index (χ1) is 12.6. The van der Waals surface area contributed by atoms with Crippen molar-refractivity contribution in [2.45, 2.75) is 34.6 Å². The lowest BCUT2D eigenvalue weighted by atomic mass is 10.2. The quantitative estimate of drug-likeness (QED) is 0.648. The van der Waals surface area contributed by atoms with E-state index in [0.717, 1.165) is 11.1 Å². The SMILES string of the molecule is CC(=O)Oc1ccc(C)c(O)c1.CC(=O)Oc1ccc(C)c(OC(C)=O)c1. The van der Waals surface area contributed by atoms with Gasteiger partial charge in [0.05, 0.1) is 0 Å². The van der Waals surface area contributed by atoms with Gasteiger partial charge < -0.3 is 19.3 Å². The normalized spacial score (nSPS) is 9.52. The van der Waals surface area contributed by atoms with E-state index in [0.29, 0.717) is 17.2 Å². The van der Waals surface area contributed by atoms with Crippen molar-refractivity contribution in [2.24, 2.45) is 0 Å². The lowest BCUT2D eigenvalue weighted by Crippen LogP contribution is -2.05. The third kappa shape index (κ3) is 8.04. The van der Waals surface area contributed by atoms with E-state index in [1.165, 1.54) is 32.9 Å². The predicted octanol–water partition coefficient (Wildman–Crippen LogP) is 3.47. The van der Waals surface area contributed by atoms with Crippen LogP contribution in [0.4, 0.5) is 0 Å². The van der Waals surface area contributed by atoms with E-state index in [1.54, 1.807) is 38.1 Å². The zero-order chi connectivity index (χ0) is 20.6. The molecule has 27 heavy (non-hydrogen) atoms. The van der Waals surface area contributed by atoms with Crippen LogP contribution in [-0.4, -0.2) is 23.0 Å². The van der Waals surface area contributed by atoms with Crippen LogP contribution in [0, 0.1) is 13.8 Å². The third-order valence-electron chi connectivity index (χ3n) is 3.12. The molecule has 7 heteroatoms. The summed E-state index contributed by atoms with van der Waals surface area (Å²) in [7, 11) is 0. The van der Waals surface area contributed by atoms with E-state index in [2.05, 4.69) is 0 Å². The molecule has 0 spiro atoms. The molecule has 144 valence electrons. The highest BCUT2D eigenvalue weighted by atomic mass is 16.5. The minimum atomic E-state index is -0.410. The molecule has 0 aliphatic heterocycles. The number of phenols is 1.